The fraction of sp³-hybridized carbons (Fsp3) is 0.0769. The van der Waals surface area contributed by atoms with Crippen LogP contribution < -0.4 is 5.32 Å². The summed E-state index contributed by atoms with van der Waals surface area (Å²) in [5.74, 6) is -0.695. The minimum absolute atomic E-state index is 0.303. The number of nitrogens with zero attached hydrogens (tertiary/aromatic N) is 1. The van der Waals surface area contributed by atoms with Crippen LogP contribution in [-0.2, 0) is 0 Å². The summed E-state index contributed by atoms with van der Waals surface area (Å²) in [6.45, 7) is 1.81. The maximum atomic E-state index is 13.0. The summed E-state index contributed by atoms with van der Waals surface area (Å²) in [6, 6.07) is 9.48. The standard InChI is InChI=1S/C13H10BrFN2O/c1-8-3-2-4-12(16-8)13(18)17-9-5-6-11(15)10(14)7-9/h2-7H,1H3,(H,17,18). The van der Waals surface area contributed by atoms with E-state index in [0.717, 1.165) is 5.69 Å². The lowest BCUT2D eigenvalue weighted by atomic mass is 10.2. The molecule has 0 aliphatic rings. The quantitative estimate of drug-likeness (QED) is 0.922. The number of carbonyl (C=O) groups excluding carboxylic acids is 1. The number of hydrogen-bond acceptors (Lipinski definition) is 2. The van der Waals surface area contributed by atoms with E-state index in [1.54, 1.807) is 12.1 Å². The van der Waals surface area contributed by atoms with E-state index in [1.807, 2.05) is 13.0 Å². The molecule has 0 unspecified atom stereocenters. The summed E-state index contributed by atoms with van der Waals surface area (Å²) in [5.41, 5.74) is 1.61. The van der Waals surface area contributed by atoms with Gasteiger partial charge in [0.25, 0.3) is 5.91 Å². The molecule has 0 aliphatic heterocycles. The number of anilines is 1. The Labute approximate surface area is 112 Å². The Morgan fingerprint density at radius 1 is 1.33 bits per heavy atom. The van der Waals surface area contributed by atoms with Crippen molar-refractivity contribution in [3.8, 4) is 0 Å². The van der Waals surface area contributed by atoms with Gasteiger partial charge in [-0.1, -0.05) is 6.07 Å². The van der Waals surface area contributed by atoms with Crippen LogP contribution in [0.2, 0.25) is 0 Å². The Morgan fingerprint density at radius 2 is 2.11 bits per heavy atom. The molecule has 2 rings (SSSR count). The fourth-order valence-corrected chi connectivity index (χ4v) is 1.82. The average Bonchev–Trinajstić information content (AvgIpc) is 2.34. The SMILES string of the molecule is Cc1cccc(C(=O)Nc2ccc(F)c(Br)c2)n1. The van der Waals surface area contributed by atoms with Crippen molar-refractivity contribution >= 4 is 27.5 Å². The van der Waals surface area contributed by atoms with Crippen molar-refractivity contribution in [1.82, 2.24) is 4.98 Å². The summed E-state index contributed by atoms with van der Waals surface area (Å²) in [6.07, 6.45) is 0. The van der Waals surface area contributed by atoms with Crippen molar-refractivity contribution in [2.24, 2.45) is 0 Å². The second kappa shape index (κ2) is 5.27. The number of hydrogen-bond donors (Lipinski definition) is 1. The van der Waals surface area contributed by atoms with E-state index in [-0.39, 0.29) is 11.7 Å². The highest BCUT2D eigenvalue weighted by Crippen LogP contribution is 2.20. The lowest BCUT2D eigenvalue weighted by Crippen LogP contribution is -2.14. The van der Waals surface area contributed by atoms with Crippen molar-refractivity contribution in [2.75, 3.05) is 5.32 Å². The van der Waals surface area contributed by atoms with Crippen LogP contribution in [0, 0.1) is 12.7 Å². The Morgan fingerprint density at radius 3 is 2.78 bits per heavy atom. The minimum atomic E-state index is -0.373. The van der Waals surface area contributed by atoms with Crippen LogP contribution >= 0.6 is 15.9 Å². The Hall–Kier alpha value is -1.75. The van der Waals surface area contributed by atoms with Crippen molar-refractivity contribution < 1.29 is 9.18 Å². The van der Waals surface area contributed by atoms with Gasteiger partial charge in [-0.15, -0.1) is 0 Å². The molecule has 1 N–H and O–H groups in total. The maximum Gasteiger partial charge on any atom is 0.274 e. The Bertz CT molecular complexity index is 601. The Balaban J connectivity index is 2.18. The molecule has 0 spiro atoms. The van der Waals surface area contributed by atoms with Gasteiger partial charge in [-0.3, -0.25) is 4.79 Å². The first kappa shape index (κ1) is 12.7. The van der Waals surface area contributed by atoms with E-state index >= 15 is 0 Å². The highest BCUT2D eigenvalue weighted by atomic mass is 79.9. The molecule has 1 aromatic carbocycles. The molecule has 5 heteroatoms. The predicted molar refractivity (Wildman–Crippen MR) is 71.0 cm³/mol. The number of amides is 1. The molecule has 3 nitrogen and oxygen atoms in total. The van der Waals surface area contributed by atoms with Crippen molar-refractivity contribution in [3.05, 3.63) is 58.1 Å². The van der Waals surface area contributed by atoms with Crippen LogP contribution in [0.5, 0.6) is 0 Å². The van der Waals surface area contributed by atoms with Crippen LogP contribution in [0.1, 0.15) is 16.2 Å². The van der Waals surface area contributed by atoms with Gasteiger partial charge >= 0.3 is 0 Å². The minimum Gasteiger partial charge on any atom is -0.321 e. The molecule has 18 heavy (non-hydrogen) atoms. The molecule has 0 bridgehead atoms. The number of benzene rings is 1. The van der Waals surface area contributed by atoms with Crippen molar-refractivity contribution in [2.45, 2.75) is 6.92 Å². The van der Waals surface area contributed by atoms with Gasteiger partial charge in [-0.2, -0.15) is 0 Å². The monoisotopic (exact) mass is 308 g/mol. The van der Waals surface area contributed by atoms with E-state index in [2.05, 4.69) is 26.2 Å². The van der Waals surface area contributed by atoms with E-state index in [4.69, 9.17) is 0 Å². The molecule has 0 fully saturated rings. The molecule has 1 aromatic heterocycles. The third-order valence-corrected chi connectivity index (χ3v) is 2.91. The highest BCUT2D eigenvalue weighted by molar-refractivity contribution is 9.10. The van der Waals surface area contributed by atoms with Crippen LogP contribution in [0.3, 0.4) is 0 Å². The number of pyridine rings is 1. The van der Waals surface area contributed by atoms with Gasteiger partial charge < -0.3 is 5.32 Å². The van der Waals surface area contributed by atoms with Crippen molar-refractivity contribution in [1.29, 1.82) is 0 Å². The van der Waals surface area contributed by atoms with Gasteiger partial charge in [0.1, 0.15) is 11.5 Å². The fourth-order valence-electron chi connectivity index (χ4n) is 1.44. The summed E-state index contributed by atoms with van der Waals surface area (Å²) in [5, 5.41) is 2.66. The smallest absolute Gasteiger partial charge is 0.274 e. The first-order chi connectivity index (χ1) is 8.56. The molecular formula is C13H10BrFN2O. The average molecular weight is 309 g/mol. The van der Waals surface area contributed by atoms with Gasteiger partial charge in [0.15, 0.2) is 0 Å². The summed E-state index contributed by atoms with van der Waals surface area (Å²) in [7, 11) is 0. The molecular weight excluding hydrogens is 299 g/mol. The van der Waals surface area contributed by atoms with Gasteiger partial charge in [0, 0.05) is 11.4 Å². The number of rotatable bonds is 2. The third kappa shape index (κ3) is 2.92. The first-order valence-electron chi connectivity index (χ1n) is 5.26. The van der Waals surface area contributed by atoms with Crippen molar-refractivity contribution in [3.63, 3.8) is 0 Å². The highest BCUT2D eigenvalue weighted by Gasteiger charge is 2.08. The van der Waals surface area contributed by atoms with E-state index in [1.165, 1.54) is 18.2 Å². The van der Waals surface area contributed by atoms with Crippen LogP contribution in [-0.4, -0.2) is 10.9 Å². The molecule has 0 aliphatic carbocycles. The zero-order valence-corrected chi connectivity index (χ0v) is 11.2. The molecule has 2 aromatic rings. The molecule has 0 radical (unpaired) electrons. The second-order valence-electron chi connectivity index (χ2n) is 3.75. The van der Waals surface area contributed by atoms with Crippen LogP contribution in [0.15, 0.2) is 40.9 Å². The van der Waals surface area contributed by atoms with Crippen LogP contribution in [0.4, 0.5) is 10.1 Å². The topological polar surface area (TPSA) is 42.0 Å². The van der Waals surface area contributed by atoms with Gasteiger partial charge in [0.05, 0.1) is 4.47 Å². The molecule has 92 valence electrons. The zero-order valence-electron chi connectivity index (χ0n) is 9.58. The largest absolute Gasteiger partial charge is 0.321 e. The van der Waals surface area contributed by atoms with Gasteiger partial charge in [0.2, 0.25) is 0 Å². The number of aryl methyl sites for hydroxylation is 1. The number of carbonyl (C=O) groups is 1. The normalized spacial score (nSPS) is 10.2. The first-order valence-corrected chi connectivity index (χ1v) is 6.05. The summed E-state index contributed by atoms with van der Waals surface area (Å²) in [4.78, 5) is 16.0. The summed E-state index contributed by atoms with van der Waals surface area (Å²) >= 11 is 3.06. The molecule has 0 saturated heterocycles. The number of halogens is 2. The lowest BCUT2D eigenvalue weighted by molar-refractivity contribution is 0.102. The van der Waals surface area contributed by atoms with Gasteiger partial charge in [-0.05, 0) is 53.2 Å². The number of aromatic nitrogens is 1. The van der Waals surface area contributed by atoms with E-state index < -0.39 is 0 Å². The van der Waals surface area contributed by atoms with E-state index in [9.17, 15) is 9.18 Å². The van der Waals surface area contributed by atoms with E-state index in [0.29, 0.717) is 15.9 Å². The van der Waals surface area contributed by atoms with Crippen LogP contribution in [0.25, 0.3) is 0 Å². The zero-order chi connectivity index (χ0) is 13.1. The second-order valence-corrected chi connectivity index (χ2v) is 4.60. The molecule has 1 amide bonds. The number of nitrogens with one attached hydrogen (secondary N) is 1. The third-order valence-electron chi connectivity index (χ3n) is 2.30. The molecule has 0 saturated carbocycles. The predicted octanol–water partition coefficient (Wildman–Crippen LogP) is 3.54. The lowest BCUT2D eigenvalue weighted by Gasteiger charge is -2.06. The Kier molecular flexibility index (Phi) is 3.72. The summed E-state index contributed by atoms with van der Waals surface area (Å²) < 4.78 is 13.3. The van der Waals surface area contributed by atoms with Gasteiger partial charge in [-0.25, -0.2) is 9.37 Å². The maximum absolute atomic E-state index is 13.0. The molecule has 0 atom stereocenters. The molecule has 1 heterocycles.